The van der Waals surface area contributed by atoms with Crippen LogP contribution >= 0.6 is 11.6 Å². The van der Waals surface area contributed by atoms with E-state index >= 15 is 0 Å². The van der Waals surface area contributed by atoms with Crippen LogP contribution in [0.5, 0.6) is 0 Å². The minimum Gasteiger partial charge on any atom is -0.338 e. The Kier molecular flexibility index (Phi) is 7.54. The molecule has 1 atom stereocenters. The van der Waals surface area contributed by atoms with Gasteiger partial charge in [0.2, 0.25) is 5.91 Å². The summed E-state index contributed by atoms with van der Waals surface area (Å²) in [4.78, 5) is 13.7. The van der Waals surface area contributed by atoms with Gasteiger partial charge in [0.25, 0.3) is 0 Å². The van der Waals surface area contributed by atoms with E-state index in [1.165, 1.54) is 11.6 Å². The van der Waals surface area contributed by atoms with Crippen LogP contribution in [0.4, 0.5) is 0 Å². The van der Waals surface area contributed by atoms with E-state index in [4.69, 9.17) is 22.4 Å². The first kappa shape index (κ1) is 25.9. The van der Waals surface area contributed by atoms with Gasteiger partial charge in [0.1, 0.15) is 6.17 Å². The standard InChI is InChI=1S/C25H30N6O.C3H5Cl/c1-5-22(32)30-14-25(15-30)12-19(13-25)31-17(3)21(11-20-16(2)27-29(4)24(20)26)23(28-31)18-9-7-6-8-10-18;1-2-3-4/h5-11,19,24,27H,1-2,12-15,26H2,3-4H3;2-3H,1H3/b20-11-;3-2-. The van der Waals surface area contributed by atoms with Crippen molar-refractivity contribution in [2.45, 2.75) is 38.9 Å². The molecule has 190 valence electrons. The summed E-state index contributed by atoms with van der Waals surface area (Å²) in [6.45, 7) is 13.4. The van der Waals surface area contributed by atoms with Crippen LogP contribution in [0.15, 0.2) is 72.4 Å². The molecule has 8 heteroatoms. The van der Waals surface area contributed by atoms with Gasteiger partial charge in [-0.1, -0.05) is 61.2 Å². The van der Waals surface area contributed by atoms with Crippen molar-refractivity contribution in [2.75, 3.05) is 20.1 Å². The molecule has 3 aliphatic rings. The van der Waals surface area contributed by atoms with E-state index < -0.39 is 0 Å². The van der Waals surface area contributed by atoms with Crippen LogP contribution in [0, 0.1) is 12.3 Å². The van der Waals surface area contributed by atoms with E-state index in [0.717, 1.165) is 59.7 Å². The number of likely N-dealkylation sites (N-methyl/N-ethyl adjacent to an activating group) is 1. The van der Waals surface area contributed by atoms with E-state index in [1.807, 2.05) is 42.1 Å². The maximum atomic E-state index is 11.8. The predicted molar refractivity (Wildman–Crippen MR) is 147 cm³/mol. The highest BCUT2D eigenvalue weighted by Gasteiger charge is 2.54. The average Bonchev–Trinajstić information content (AvgIpc) is 3.28. The highest BCUT2D eigenvalue weighted by molar-refractivity contribution is 6.25. The number of allylic oxidation sites excluding steroid dienone is 1. The number of likely N-dealkylation sites (tertiary alicyclic amines) is 1. The van der Waals surface area contributed by atoms with Gasteiger partial charge in [-0.25, -0.2) is 5.01 Å². The van der Waals surface area contributed by atoms with Crippen molar-refractivity contribution in [1.29, 1.82) is 0 Å². The lowest BCUT2D eigenvalue weighted by Gasteiger charge is -2.58. The first-order valence-corrected chi connectivity index (χ1v) is 12.6. The largest absolute Gasteiger partial charge is 0.338 e. The minimum absolute atomic E-state index is 0.0290. The Morgan fingerprint density at radius 1 is 1.28 bits per heavy atom. The molecule has 0 bridgehead atoms. The lowest BCUT2D eigenvalue weighted by atomic mass is 9.60. The number of hydrogen-bond donors (Lipinski definition) is 2. The number of nitrogens with one attached hydrogen (secondary N) is 1. The number of hydrazine groups is 1. The molecule has 1 amide bonds. The van der Waals surface area contributed by atoms with Gasteiger partial charge in [-0.2, -0.15) is 5.10 Å². The molecule has 1 saturated carbocycles. The Bertz CT molecular complexity index is 1200. The molecule has 1 aliphatic carbocycles. The van der Waals surface area contributed by atoms with Crippen molar-refractivity contribution < 1.29 is 4.79 Å². The molecule has 3 N–H and O–H groups in total. The molecule has 36 heavy (non-hydrogen) atoms. The van der Waals surface area contributed by atoms with Crippen LogP contribution in [0.3, 0.4) is 0 Å². The van der Waals surface area contributed by atoms with E-state index in [1.54, 1.807) is 6.08 Å². The Balaban J connectivity index is 0.000000709. The first-order chi connectivity index (χ1) is 17.2. The number of carbonyl (C=O) groups excluding carboxylic acids is 1. The van der Waals surface area contributed by atoms with Gasteiger partial charge >= 0.3 is 0 Å². The molecule has 1 aromatic carbocycles. The lowest BCUT2D eigenvalue weighted by Crippen LogP contribution is -2.63. The third-order valence-corrected chi connectivity index (χ3v) is 7.54. The second-order valence-corrected chi connectivity index (χ2v) is 10.1. The van der Waals surface area contributed by atoms with Crippen LogP contribution in [0.2, 0.25) is 0 Å². The molecule has 3 heterocycles. The molecule has 3 fully saturated rings. The van der Waals surface area contributed by atoms with Crippen molar-refractivity contribution in [3.05, 3.63) is 83.7 Å². The molecule has 2 aliphatic heterocycles. The van der Waals surface area contributed by atoms with E-state index in [0.29, 0.717) is 6.04 Å². The molecule has 2 saturated heterocycles. The van der Waals surface area contributed by atoms with E-state index in [9.17, 15) is 4.79 Å². The second kappa shape index (κ2) is 10.5. The number of aromatic nitrogens is 2. The third-order valence-electron chi connectivity index (χ3n) is 7.29. The molecule has 2 aromatic rings. The third kappa shape index (κ3) is 4.78. The quantitative estimate of drug-likeness (QED) is 0.592. The van der Waals surface area contributed by atoms with Gasteiger partial charge < -0.3 is 16.1 Å². The topological polar surface area (TPSA) is 79.4 Å². The fourth-order valence-corrected chi connectivity index (χ4v) is 5.35. The number of benzene rings is 1. The van der Waals surface area contributed by atoms with Crippen molar-refractivity contribution in [1.82, 2.24) is 25.1 Å². The van der Waals surface area contributed by atoms with Crippen molar-refractivity contribution in [3.63, 3.8) is 0 Å². The van der Waals surface area contributed by atoms with Crippen LogP contribution in [0.1, 0.15) is 37.1 Å². The van der Waals surface area contributed by atoms with Gasteiger partial charge in [0.05, 0.1) is 11.7 Å². The summed E-state index contributed by atoms with van der Waals surface area (Å²) in [6, 6.07) is 10.6. The smallest absolute Gasteiger partial charge is 0.245 e. The summed E-state index contributed by atoms with van der Waals surface area (Å²) in [5.74, 6) is 0.0290. The SMILES string of the molecule is C/C=C\Cl.C=CC(=O)N1CC2(CC(n3nc(-c4ccccc4)c(/C=C4/C(=C)NN(C)C4N)c3C)C2)C1. The summed E-state index contributed by atoms with van der Waals surface area (Å²) in [6.07, 6.45) is 7.12. The van der Waals surface area contributed by atoms with Gasteiger partial charge in [0, 0.05) is 53.6 Å². The number of hydrogen-bond acceptors (Lipinski definition) is 5. The van der Waals surface area contributed by atoms with Gasteiger partial charge in [-0.3, -0.25) is 9.48 Å². The number of nitrogens with two attached hydrogens (primary N) is 1. The van der Waals surface area contributed by atoms with Crippen molar-refractivity contribution in [3.8, 4) is 11.3 Å². The maximum absolute atomic E-state index is 11.8. The highest BCUT2D eigenvalue weighted by atomic mass is 35.5. The first-order valence-electron chi connectivity index (χ1n) is 12.2. The molecule has 7 nitrogen and oxygen atoms in total. The van der Waals surface area contributed by atoms with Crippen molar-refractivity contribution in [2.24, 2.45) is 11.1 Å². The number of rotatable bonds is 4. The van der Waals surface area contributed by atoms with Crippen LogP contribution < -0.4 is 11.2 Å². The highest BCUT2D eigenvalue weighted by Crippen LogP contribution is 2.54. The zero-order chi connectivity index (χ0) is 26.0. The summed E-state index contributed by atoms with van der Waals surface area (Å²) in [5.41, 5.74) is 17.3. The molecule has 1 unspecified atom stereocenters. The predicted octanol–water partition coefficient (Wildman–Crippen LogP) is 4.60. The molecule has 0 radical (unpaired) electrons. The Morgan fingerprint density at radius 3 is 2.44 bits per heavy atom. The van der Waals surface area contributed by atoms with Gasteiger partial charge in [-0.05, 0) is 44.4 Å². The number of amides is 1. The molecular weight excluding hydrogens is 472 g/mol. The summed E-state index contributed by atoms with van der Waals surface area (Å²) in [5, 5.41) is 6.94. The van der Waals surface area contributed by atoms with Crippen molar-refractivity contribution >= 4 is 23.6 Å². The van der Waals surface area contributed by atoms with E-state index in [2.05, 4.69) is 48.4 Å². The molecule has 5 rings (SSSR count). The van der Waals surface area contributed by atoms with Gasteiger partial charge in [0.15, 0.2) is 0 Å². The average molecular weight is 507 g/mol. The normalized spacial score (nSPS) is 22.2. The monoisotopic (exact) mass is 506 g/mol. The van der Waals surface area contributed by atoms with Crippen LogP contribution in [-0.4, -0.2) is 51.9 Å². The molecular formula is C28H35ClN6O. The zero-order valence-electron chi connectivity index (χ0n) is 21.2. The fourth-order valence-electron chi connectivity index (χ4n) is 5.35. The Labute approximate surface area is 218 Å². The summed E-state index contributed by atoms with van der Waals surface area (Å²) < 4.78 is 2.18. The maximum Gasteiger partial charge on any atom is 0.245 e. The fraction of sp³-hybridized carbons (Fsp3) is 0.357. The summed E-state index contributed by atoms with van der Waals surface area (Å²) in [7, 11) is 1.91. The molecule has 1 spiro atoms. The number of nitrogens with zero attached hydrogens (tertiary/aromatic N) is 4. The van der Waals surface area contributed by atoms with Crippen LogP contribution in [-0.2, 0) is 4.79 Å². The zero-order valence-corrected chi connectivity index (χ0v) is 22.0. The van der Waals surface area contributed by atoms with E-state index in [-0.39, 0.29) is 17.5 Å². The number of halogens is 1. The van der Waals surface area contributed by atoms with Crippen LogP contribution in [0.25, 0.3) is 17.3 Å². The lowest BCUT2D eigenvalue weighted by molar-refractivity contribution is -0.149. The minimum atomic E-state index is -0.260. The molecule has 1 aromatic heterocycles. The summed E-state index contributed by atoms with van der Waals surface area (Å²) >= 11 is 5.01. The Hall–Kier alpha value is -3.13. The second-order valence-electron chi connectivity index (χ2n) is 9.82. The number of carbonyl (C=O) groups is 1. The Morgan fingerprint density at radius 2 is 1.92 bits per heavy atom. The van der Waals surface area contributed by atoms with Gasteiger partial charge in [-0.15, -0.1) is 0 Å².